The summed E-state index contributed by atoms with van der Waals surface area (Å²) < 4.78 is 69.0. The Morgan fingerprint density at radius 1 is 0.468 bits per heavy atom. The van der Waals surface area contributed by atoms with E-state index in [-0.39, 0.29) is 0 Å². The minimum Gasteiger partial charge on any atom is -0.394 e. The molecule has 0 radical (unpaired) electrons. The van der Waals surface area contributed by atoms with Crippen LogP contribution in [0, 0.1) is 0 Å². The van der Waals surface area contributed by atoms with E-state index in [1.165, 1.54) is 63.2 Å². The van der Waals surface area contributed by atoms with Crippen LogP contribution in [0.5, 0.6) is 0 Å². The van der Waals surface area contributed by atoms with Crippen molar-refractivity contribution in [2.75, 3.05) is 19.8 Å². The minimum absolute atomic E-state index is 0.503. The number of aliphatic hydroxyl groups excluding tert-OH is 8. The zero-order valence-electron chi connectivity index (χ0n) is 58.1. The normalized spacial score (nSPS) is 29.1. The molecule has 0 saturated carbocycles. The van der Waals surface area contributed by atoms with Gasteiger partial charge in [-0.1, -0.05) is 116 Å². The van der Waals surface area contributed by atoms with Gasteiger partial charge in [0.05, 0.1) is 25.9 Å². The van der Waals surface area contributed by atoms with Crippen LogP contribution in [0.25, 0.3) is 0 Å². The van der Waals surface area contributed by atoms with Gasteiger partial charge in [-0.25, -0.2) is 9.13 Å². The summed E-state index contributed by atoms with van der Waals surface area (Å²) in [4.78, 5) is 33.7. The number of amides is 1. The van der Waals surface area contributed by atoms with Crippen LogP contribution in [0.3, 0.4) is 0 Å². The minimum atomic E-state index is -5.70. The Labute approximate surface area is 560 Å². The molecule has 0 spiro atoms. The Bertz CT molecular complexity index is 2730. The van der Waals surface area contributed by atoms with E-state index in [2.05, 4.69) is 134 Å². The summed E-state index contributed by atoms with van der Waals surface area (Å²) >= 11 is 0. The number of allylic oxidation sites excluding steroid dienone is 19. The van der Waals surface area contributed by atoms with Gasteiger partial charge >= 0.3 is 15.6 Å². The maximum absolute atomic E-state index is 13.3. The molecule has 1 amide bonds. The summed E-state index contributed by atoms with van der Waals surface area (Å²) in [6.07, 6.45) is 16.6. The molecule has 0 aromatic carbocycles. The standard InChI is InChI=1S/C70H117NO21P2/c1-45(2)23-14-24-46(3)25-15-26-47(4)27-16-28-48(5)29-17-30-49(6)31-18-32-50(7)33-19-34-51(8)35-20-36-52(9)37-21-38-53(10)39-22-40-54(11)41-42-85-93(81,82)92-94(83,84)91-68-59(71-56(13)74)67(60(76)58(44-73)87-68)90-69-63(79)61(77)65(55(12)86-69)88-70-64(80)62(78)66(89-70)57(75)43-72/h23,25,27,29,31,33,35,37,39,41,55,57-70,72-73,75-80H,14-22,24,26,28,30,32,34,36,38,40,42-44H2,1-13H3,(H,71,74)(H,81,82)(H,83,84)/b46-25+,47-27-,48-29-,49-31-,50-33-,51-35-,52-37-,53-39-,54-41-/t55-,57+,58+,59+,60+,61-,62+,63+,64+,65-,66-,67+,68+,69-,70+/m0/s1. The molecule has 3 aliphatic heterocycles. The van der Waals surface area contributed by atoms with Gasteiger partial charge in [0, 0.05) is 6.92 Å². The van der Waals surface area contributed by atoms with Crippen LogP contribution in [0.4, 0.5) is 0 Å². The molecule has 0 aromatic heterocycles. The number of phosphoric ester groups is 2. The molecular weight excluding hydrogens is 1250 g/mol. The Balaban J connectivity index is 1.38. The number of carbonyl (C=O) groups is 1. The van der Waals surface area contributed by atoms with E-state index in [1.54, 1.807) is 6.92 Å². The predicted octanol–water partition coefficient (Wildman–Crippen LogP) is 11.4. The van der Waals surface area contributed by atoms with Gasteiger partial charge in [-0.3, -0.25) is 13.8 Å². The van der Waals surface area contributed by atoms with Crippen molar-refractivity contribution in [3.05, 3.63) is 116 Å². The van der Waals surface area contributed by atoms with Crippen LogP contribution in [-0.2, 0) is 51.0 Å². The lowest BCUT2D eigenvalue weighted by Gasteiger charge is -2.47. The first-order valence-corrected chi connectivity index (χ1v) is 36.3. The number of hydrogen-bond acceptors (Lipinski definition) is 19. The molecule has 3 aliphatic rings. The molecule has 24 heteroatoms. The molecule has 94 heavy (non-hydrogen) atoms. The third-order valence-corrected chi connectivity index (χ3v) is 19.5. The van der Waals surface area contributed by atoms with E-state index in [9.17, 15) is 64.6 Å². The van der Waals surface area contributed by atoms with Gasteiger partial charge in [0.1, 0.15) is 67.1 Å². The maximum Gasteiger partial charge on any atom is 0.483 e. The van der Waals surface area contributed by atoms with Crippen molar-refractivity contribution in [2.24, 2.45) is 0 Å². The van der Waals surface area contributed by atoms with Gasteiger partial charge in [-0.15, -0.1) is 0 Å². The SMILES string of the molecule is CC(=O)N[C@H]1[C@@H](OP(=O)(O)OP(=O)(O)OC/C=C(/C)CC/C=C(/C)CC/C=C(/C)CC/C=C(/C)CC/C=C(/C)CC/C=C(/C)CC/C=C(/C)CC/C=C(/C)CC/C=C(\C)CCC=C(C)C)O[C@H](CO)[C@@H](O)[C@@H]1O[C@@H]1O[C@@H](C)[C@H](O[C@@H]2O[C@@H]([C@H](O)CO)[C@H](O)[C@H]2O)[C@@H](O)[C@H]1O. The van der Waals surface area contributed by atoms with Crippen LogP contribution < -0.4 is 5.32 Å². The number of carbonyl (C=O) groups excluding carboxylic acids is 1. The summed E-state index contributed by atoms with van der Waals surface area (Å²) in [5.74, 6) is -0.843. The molecule has 3 saturated heterocycles. The monoisotopic (exact) mass is 1370 g/mol. The Morgan fingerprint density at radius 3 is 1.20 bits per heavy atom. The highest BCUT2D eigenvalue weighted by Gasteiger charge is 2.55. The van der Waals surface area contributed by atoms with Gasteiger partial charge < -0.3 is 79.6 Å². The first-order chi connectivity index (χ1) is 44.3. The summed E-state index contributed by atoms with van der Waals surface area (Å²) in [6.45, 7) is 23.9. The summed E-state index contributed by atoms with van der Waals surface area (Å²) in [5.41, 5.74) is 13.5. The predicted molar refractivity (Wildman–Crippen MR) is 363 cm³/mol. The average molecular weight is 1370 g/mol. The maximum atomic E-state index is 13.3. The number of nitrogens with one attached hydrogen (secondary N) is 1. The van der Waals surface area contributed by atoms with E-state index in [0.29, 0.717) is 12.8 Å². The number of ether oxygens (including phenoxy) is 5. The molecule has 0 aromatic rings. The van der Waals surface area contributed by atoms with Gasteiger partial charge in [0.15, 0.2) is 18.9 Å². The summed E-state index contributed by atoms with van der Waals surface area (Å²) in [5, 5.41) is 86.0. The molecule has 538 valence electrons. The lowest BCUT2D eigenvalue weighted by atomic mass is 9.95. The fourth-order valence-electron chi connectivity index (χ4n) is 11.0. The summed E-state index contributed by atoms with van der Waals surface area (Å²) in [6, 6.07) is -1.81. The topological polar surface area (TPSA) is 339 Å². The van der Waals surface area contributed by atoms with Crippen molar-refractivity contribution < 1.29 is 102 Å². The van der Waals surface area contributed by atoms with Crippen molar-refractivity contribution in [1.29, 1.82) is 0 Å². The molecule has 17 atom stereocenters. The molecule has 22 nitrogen and oxygen atoms in total. The van der Waals surface area contributed by atoms with Crippen LogP contribution in [-0.4, -0.2) is 168 Å². The Hall–Kier alpha value is -3.39. The second-order valence-electron chi connectivity index (χ2n) is 26.0. The molecule has 11 N–H and O–H groups in total. The van der Waals surface area contributed by atoms with E-state index in [0.717, 1.165) is 115 Å². The van der Waals surface area contributed by atoms with Crippen molar-refractivity contribution in [3.63, 3.8) is 0 Å². The van der Waals surface area contributed by atoms with E-state index in [1.807, 2.05) is 0 Å². The zero-order chi connectivity index (χ0) is 70.3. The molecule has 3 fully saturated rings. The largest absolute Gasteiger partial charge is 0.483 e. The Kier molecular flexibility index (Phi) is 39.6. The fourth-order valence-corrected chi connectivity index (χ4v) is 13.1. The van der Waals surface area contributed by atoms with Crippen molar-refractivity contribution in [2.45, 2.75) is 298 Å². The quantitative estimate of drug-likeness (QED) is 0.0200. The zero-order valence-corrected chi connectivity index (χ0v) is 59.9. The number of hydrogen-bond donors (Lipinski definition) is 11. The molecule has 0 aliphatic carbocycles. The van der Waals surface area contributed by atoms with Gasteiger partial charge in [0.25, 0.3) is 0 Å². The highest BCUT2D eigenvalue weighted by atomic mass is 31.3. The van der Waals surface area contributed by atoms with E-state index in [4.69, 9.17) is 32.7 Å². The van der Waals surface area contributed by atoms with Crippen LogP contribution in [0.2, 0.25) is 0 Å². The lowest BCUT2D eigenvalue weighted by Crippen LogP contribution is -2.67. The van der Waals surface area contributed by atoms with E-state index >= 15 is 0 Å². The smallest absolute Gasteiger partial charge is 0.394 e. The third-order valence-electron chi connectivity index (χ3n) is 16.9. The summed E-state index contributed by atoms with van der Waals surface area (Å²) in [7, 11) is -11.1. The van der Waals surface area contributed by atoms with Gasteiger partial charge in [-0.05, 0) is 199 Å². The molecule has 3 rings (SSSR count). The molecule has 2 unspecified atom stereocenters. The average Bonchev–Trinajstić information content (AvgIpc) is 0.983. The van der Waals surface area contributed by atoms with Crippen molar-refractivity contribution in [3.8, 4) is 0 Å². The fraction of sp³-hybridized carbons (Fsp3) is 0.700. The van der Waals surface area contributed by atoms with Crippen molar-refractivity contribution >= 4 is 21.6 Å². The second-order valence-corrected chi connectivity index (χ2v) is 29.0. The molecular formula is C70H117NO21P2. The van der Waals surface area contributed by atoms with Crippen LogP contribution in [0.1, 0.15) is 206 Å². The number of phosphoric acid groups is 2. The van der Waals surface area contributed by atoms with Crippen LogP contribution in [0.15, 0.2) is 116 Å². The van der Waals surface area contributed by atoms with Crippen LogP contribution >= 0.6 is 15.6 Å². The van der Waals surface area contributed by atoms with Gasteiger partial charge in [-0.2, -0.15) is 4.31 Å². The van der Waals surface area contributed by atoms with E-state index < -0.39 is 133 Å². The molecule has 3 heterocycles. The third kappa shape index (κ3) is 32.5. The Morgan fingerprint density at radius 2 is 0.830 bits per heavy atom. The number of rotatable bonds is 42. The van der Waals surface area contributed by atoms with Gasteiger partial charge in [0.2, 0.25) is 5.91 Å². The highest BCUT2D eigenvalue weighted by Crippen LogP contribution is 2.61. The first kappa shape index (κ1) is 84.8. The molecule has 0 bridgehead atoms. The second kappa shape index (κ2) is 43.9. The van der Waals surface area contributed by atoms with Crippen molar-refractivity contribution in [1.82, 2.24) is 5.32 Å². The lowest BCUT2D eigenvalue weighted by molar-refractivity contribution is -0.350. The first-order valence-electron chi connectivity index (χ1n) is 33.3. The highest BCUT2D eigenvalue weighted by molar-refractivity contribution is 7.61. The number of aliphatic hydroxyl groups is 8.